The van der Waals surface area contributed by atoms with Crippen LogP contribution in [0.15, 0.2) is 24.4 Å². The molecule has 3 aliphatic rings. The van der Waals surface area contributed by atoms with Crippen LogP contribution in [0.1, 0.15) is 37.8 Å². The van der Waals surface area contributed by atoms with Crippen LogP contribution in [0.4, 0.5) is 0 Å². The highest BCUT2D eigenvalue weighted by molar-refractivity contribution is 5.83. The molecule has 0 aliphatic carbocycles. The number of nitrogens with one attached hydrogen (secondary N) is 1. The van der Waals surface area contributed by atoms with Gasteiger partial charge in [0, 0.05) is 58.0 Å². The van der Waals surface area contributed by atoms with Gasteiger partial charge in [0.1, 0.15) is 6.04 Å². The molecule has 1 aromatic rings. The zero-order chi connectivity index (χ0) is 21.8. The van der Waals surface area contributed by atoms with Crippen molar-refractivity contribution < 1.29 is 14.3 Å². The molecular formula is C23H35N5O3. The number of likely N-dealkylation sites (tertiary alicyclic amines) is 2. The topological polar surface area (TPSA) is 78.0 Å². The monoisotopic (exact) mass is 429 g/mol. The number of nitrogens with zero attached hydrogens (tertiary/aromatic N) is 4. The van der Waals surface area contributed by atoms with E-state index in [0.29, 0.717) is 26.1 Å². The summed E-state index contributed by atoms with van der Waals surface area (Å²) in [5, 5.41) is 3.15. The Labute approximate surface area is 184 Å². The Morgan fingerprint density at radius 3 is 2.90 bits per heavy atom. The summed E-state index contributed by atoms with van der Waals surface area (Å²) < 4.78 is 5.29. The van der Waals surface area contributed by atoms with Crippen molar-refractivity contribution >= 4 is 11.8 Å². The normalized spacial score (nSPS) is 29.6. The maximum Gasteiger partial charge on any atom is 0.239 e. The zero-order valence-electron chi connectivity index (χ0n) is 18.7. The van der Waals surface area contributed by atoms with Gasteiger partial charge in [0.25, 0.3) is 0 Å². The van der Waals surface area contributed by atoms with Crippen LogP contribution in [0.3, 0.4) is 0 Å². The molecule has 4 atom stereocenters. The van der Waals surface area contributed by atoms with E-state index >= 15 is 0 Å². The standard InChI is InChI=1S/C23H35N5O3/c1-26-18(8-9-21(29)28-12-5-7-19(28)16-31-2)14-25-23(30)22-20(26)10-13-27(22)15-17-6-3-4-11-24-17/h3-4,6,11,18-20,22H,5,7-10,12-16H2,1-2H3,(H,25,30). The Morgan fingerprint density at radius 1 is 1.26 bits per heavy atom. The third kappa shape index (κ3) is 4.91. The molecule has 4 heterocycles. The minimum Gasteiger partial charge on any atom is -0.383 e. The second-order valence-electron chi connectivity index (χ2n) is 9.03. The number of methoxy groups -OCH3 is 1. The second kappa shape index (κ2) is 10.1. The number of fused-ring (bicyclic) bond motifs is 1. The summed E-state index contributed by atoms with van der Waals surface area (Å²) in [6.07, 6.45) is 6.10. The second-order valence-corrected chi connectivity index (χ2v) is 9.03. The van der Waals surface area contributed by atoms with E-state index in [1.54, 1.807) is 13.3 Å². The number of amides is 2. The molecule has 0 aromatic carbocycles. The molecule has 31 heavy (non-hydrogen) atoms. The summed E-state index contributed by atoms with van der Waals surface area (Å²) in [4.78, 5) is 36.8. The van der Waals surface area contributed by atoms with Gasteiger partial charge in [0.15, 0.2) is 0 Å². The van der Waals surface area contributed by atoms with Crippen LogP contribution in [0.2, 0.25) is 0 Å². The van der Waals surface area contributed by atoms with Crippen molar-refractivity contribution in [2.75, 3.05) is 40.4 Å². The van der Waals surface area contributed by atoms with Gasteiger partial charge in [-0.15, -0.1) is 0 Å². The van der Waals surface area contributed by atoms with E-state index in [-0.39, 0.29) is 36.0 Å². The van der Waals surface area contributed by atoms with Crippen molar-refractivity contribution in [3.63, 3.8) is 0 Å². The molecule has 3 aliphatic heterocycles. The summed E-state index contributed by atoms with van der Waals surface area (Å²) in [5.74, 6) is 0.307. The van der Waals surface area contributed by atoms with Crippen LogP contribution in [0, 0.1) is 0 Å². The summed E-state index contributed by atoms with van der Waals surface area (Å²) in [6.45, 7) is 3.59. The Balaban J connectivity index is 1.36. The number of hydrogen-bond donors (Lipinski definition) is 1. The molecule has 3 saturated heterocycles. The molecule has 0 radical (unpaired) electrons. The third-order valence-electron chi connectivity index (χ3n) is 7.19. The van der Waals surface area contributed by atoms with E-state index in [1.807, 2.05) is 23.1 Å². The number of pyridine rings is 1. The average molecular weight is 430 g/mol. The van der Waals surface area contributed by atoms with E-state index in [4.69, 9.17) is 4.74 Å². The first-order valence-corrected chi connectivity index (χ1v) is 11.5. The van der Waals surface area contributed by atoms with Crippen LogP contribution in [0.5, 0.6) is 0 Å². The number of rotatable bonds is 7. The lowest BCUT2D eigenvalue weighted by Gasteiger charge is -2.33. The average Bonchev–Trinajstić information content (AvgIpc) is 3.38. The minimum atomic E-state index is -0.169. The van der Waals surface area contributed by atoms with Crippen molar-refractivity contribution in [2.24, 2.45) is 0 Å². The van der Waals surface area contributed by atoms with Crippen molar-refractivity contribution in [1.82, 2.24) is 25.0 Å². The predicted octanol–water partition coefficient (Wildman–Crippen LogP) is 0.872. The van der Waals surface area contributed by atoms with Crippen LogP contribution < -0.4 is 5.32 Å². The largest absolute Gasteiger partial charge is 0.383 e. The predicted molar refractivity (Wildman–Crippen MR) is 117 cm³/mol. The fraction of sp³-hybridized carbons (Fsp3) is 0.696. The fourth-order valence-electron chi connectivity index (χ4n) is 5.49. The molecule has 8 heteroatoms. The summed E-state index contributed by atoms with van der Waals surface area (Å²) in [5.41, 5.74) is 0.987. The van der Waals surface area contributed by atoms with Crippen molar-refractivity contribution in [1.29, 1.82) is 0 Å². The van der Waals surface area contributed by atoms with Gasteiger partial charge in [-0.1, -0.05) is 6.07 Å². The smallest absolute Gasteiger partial charge is 0.239 e. The molecule has 8 nitrogen and oxygen atoms in total. The lowest BCUT2D eigenvalue weighted by Crippen LogP contribution is -2.49. The Bertz CT molecular complexity index is 761. The number of hydrogen-bond acceptors (Lipinski definition) is 6. The number of carbonyl (C=O) groups excluding carboxylic acids is 2. The minimum absolute atomic E-state index is 0.0961. The van der Waals surface area contributed by atoms with Gasteiger partial charge in [-0.3, -0.25) is 24.4 Å². The molecule has 4 unspecified atom stereocenters. The Hall–Kier alpha value is -2.03. The molecule has 4 rings (SSSR count). The SMILES string of the molecule is COCC1CCCN1C(=O)CCC1CNC(=O)C2C(CCN2Cc2ccccn2)N1C. The molecule has 2 amide bonds. The summed E-state index contributed by atoms with van der Waals surface area (Å²) >= 11 is 0. The maximum atomic E-state index is 13.0. The quantitative estimate of drug-likeness (QED) is 0.693. The van der Waals surface area contributed by atoms with Gasteiger partial charge in [0.05, 0.1) is 18.3 Å². The molecule has 0 spiro atoms. The van der Waals surface area contributed by atoms with Crippen molar-refractivity contribution in [3.8, 4) is 0 Å². The van der Waals surface area contributed by atoms with Gasteiger partial charge >= 0.3 is 0 Å². The van der Waals surface area contributed by atoms with Crippen molar-refractivity contribution in [2.45, 2.75) is 62.8 Å². The Morgan fingerprint density at radius 2 is 2.13 bits per heavy atom. The van der Waals surface area contributed by atoms with E-state index in [0.717, 1.165) is 44.5 Å². The Kier molecular flexibility index (Phi) is 7.20. The lowest BCUT2D eigenvalue weighted by atomic mass is 10.0. The number of ether oxygens (including phenoxy) is 1. The van der Waals surface area contributed by atoms with Crippen LogP contribution in [0.25, 0.3) is 0 Å². The van der Waals surface area contributed by atoms with Gasteiger partial charge in [-0.25, -0.2) is 0 Å². The molecule has 0 saturated carbocycles. The van der Waals surface area contributed by atoms with Gasteiger partial charge < -0.3 is 15.0 Å². The van der Waals surface area contributed by atoms with Gasteiger partial charge in [-0.05, 0) is 44.9 Å². The maximum absolute atomic E-state index is 13.0. The van der Waals surface area contributed by atoms with E-state index in [9.17, 15) is 9.59 Å². The highest BCUT2D eigenvalue weighted by atomic mass is 16.5. The molecule has 0 bridgehead atoms. The van der Waals surface area contributed by atoms with E-state index in [2.05, 4.69) is 27.1 Å². The van der Waals surface area contributed by atoms with E-state index in [1.165, 1.54) is 0 Å². The molecule has 1 aromatic heterocycles. The number of aromatic nitrogens is 1. The molecular weight excluding hydrogens is 394 g/mol. The first kappa shape index (κ1) is 22.2. The first-order chi connectivity index (χ1) is 15.1. The highest BCUT2D eigenvalue weighted by Crippen LogP contribution is 2.28. The third-order valence-corrected chi connectivity index (χ3v) is 7.19. The summed E-state index contributed by atoms with van der Waals surface area (Å²) in [6, 6.07) is 6.28. The van der Waals surface area contributed by atoms with Gasteiger partial charge in [0.2, 0.25) is 11.8 Å². The molecule has 170 valence electrons. The first-order valence-electron chi connectivity index (χ1n) is 11.5. The zero-order valence-corrected chi connectivity index (χ0v) is 18.7. The number of carbonyl (C=O) groups is 2. The highest BCUT2D eigenvalue weighted by Gasteiger charge is 2.45. The van der Waals surface area contributed by atoms with Crippen LogP contribution in [-0.2, 0) is 20.9 Å². The lowest BCUT2D eigenvalue weighted by molar-refractivity contribution is -0.133. The molecule has 3 fully saturated rings. The van der Waals surface area contributed by atoms with Crippen LogP contribution >= 0.6 is 0 Å². The van der Waals surface area contributed by atoms with E-state index < -0.39 is 0 Å². The molecule has 1 N–H and O–H groups in total. The summed E-state index contributed by atoms with van der Waals surface area (Å²) in [7, 11) is 3.81. The fourth-order valence-corrected chi connectivity index (χ4v) is 5.49. The van der Waals surface area contributed by atoms with Gasteiger partial charge in [-0.2, -0.15) is 0 Å². The van der Waals surface area contributed by atoms with Crippen LogP contribution in [-0.4, -0.2) is 96.1 Å². The number of likely N-dealkylation sites (N-methyl/N-ethyl adjacent to an activating group) is 1. The van der Waals surface area contributed by atoms with Crippen molar-refractivity contribution in [3.05, 3.63) is 30.1 Å².